The maximum absolute atomic E-state index is 10.7. The van der Waals surface area contributed by atoms with Gasteiger partial charge in [-0.1, -0.05) is 0 Å². The van der Waals surface area contributed by atoms with Crippen molar-refractivity contribution in [3.8, 4) is 0 Å². The van der Waals surface area contributed by atoms with Gasteiger partial charge in [-0.15, -0.1) is 0 Å². The van der Waals surface area contributed by atoms with Gasteiger partial charge in [0.1, 0.15) is 0 Å². The van der Waals surface area contributed by atoms with Crippen molar-refractivity contribution >= 4 is 5.78 Å². The van der Waals surface area contributed by atoms with Crippen molar-refractivity contribution in [2.75, 3.05) is 7.11 Å². The lowest BCUT2D eigenvalue weighted by molar-refractivity contribution is -0.505. The van der Waals surface area contributed by atoms with E-state index >= 15 is 0 Å². The number of ketones is 1. The van der Waals surface area contributed by atoms with Gasteiger partial charge < -0.3 is 15.4 Å². The minimum Gasteiger partial charge on any atom is -0.508 e. The summed E-state index contributed by atoms with van der Waals surface area (Å²) in [5, 5.41) is 1.99. The molecule has 0 aromatic rings. The molecule has 0 bridgehead atoms. The Labute approximate surface area is 64.1 Å². The SMILES string of the molecule is COC1=CC(=O)C=CC1[NH+]=[N-]. The van der Waals surface area contributed by atoms with Gasteiger partial charge in [-0.2, -0.15) is 0 Å². The average molecular weight is 152 g/mol. The van der Waals surface area contributed by atoms with E-state index in [1.54, 1.807) is 0 Å². The van der Waals surface area contributed by atoms with Gasteiger partial charge in [0.25, 0.3) is 0 Å². The summed E-state index contributed by atoms with van der Waals surface area (Å²) >= 11 is 0. The quantitative estimate of drug-likeness (QED) is 0.522. The molecule has 1 aliphatic carbocycles. The van der Waals surface area contributed by atoms with Crippen molar-refractivity contribution in [2.24, 2.45) is 0 Å². The van der Waals surface area contributed by atoms with Crippen LogP contribution >= 0.6 is 0 Å². The highest BCUT2D eigenvalue weighted by atomic mass is 16.5. The minimum atomic E-state index is -0.405. The molecule has 11 heavy (non-hydrogen) atoms. The third-order valence-corrected chi connectivity index (χ3v) is 1.42. The topological polar surface area (TPSA) is 62.6 Å². The van der Waals surface area contributed by atoms with Gasteiger partial charge >= 0.3 is 0 Å². The Morgan fingerprint density at radius 3 is 3.00 bits per heavy atom. The number of carbonyl (C=O) groups excluding carboxylic acids is 1. The normalized spacial score (nSPS) is 22.8. The molecule has 1 aliphatic rings. The van der Waals surface area contributed by atoms with Crippen LogP contribution in [0.5, 0.6) is 0 Å². The second-order valence-electron chi connectivity index (χ2n) is 2.12. The average Bonchev–Trinajstić information content (AvgIpc) is 2.04. The second kappa shape index (κ2) is 3.09. The third kappa shape index (κ3) is 1.52. The molecule has 0 aliphatic heterocycles. The summed E-state index contributed by atoms with van der Waals surface area (Å²) in [6.45, 7) is 0. The van der Waals surface area contributed by atoms with Crippen molar-refractivity contribution in [2.45, 2.75) is 6.04 Å². The highest BCUT2D eigenvalue weighted by Crippen LogP contribution is 2.06. The first kappa shape index (κ1) is 7.65. The van der Waals surface area contributed by atoms with Gasteiger partial charge in [-0.25, -0.2) is 0 Å². The van der Waals surface area contributed by atoms with E-state index in [9.17, 15) is 4.79 Å². The Hall–Kier alpha value is -1.45. The Morgan fingerprint density at radius 2 is 2.45 bits per heavy atom. The molecule has 4 heteroatoms. The number of nitrogens with zero attached hydrogens (tertiary/aromatic N) is 1. The summed E-state index contributed by atoms with van der Waals surface area (Å²) in [6, 6.07) is -0.405. The zero-order valence-corrected chi connectivity index (χ0v) is 6.07. The second-order valence-corrected chi connectivity index (χ2v) is 2.12. The van der Waals surface area contributed by atoms with Crippen LogP contribution < -0.4 is 5.11 Å². The van der Waals surface area contributed by atoms with Gasteiger partial charge in [0.15, 0.2) is 11.5 Å². The number of hydrogen-bond donors (Lipinski definition) is 1. The monoisotopic (exact) mass is 152 g/mol. The van der Waals surface area contributed by atoms with Crippen molar-refractivity contribution in [1.29, 1.82) is 0 Å². The molecule has 0 radical (unpaired) electrons. The highest BCUT2D eigenvalue weighted by Gasteiger charge is 2.18. The standard InChI is InChI=1S/C7H8N2O2/c1-11-7-4-5(10)2-3-6(7)9-8/h2-4,6,9H,1H3. The molecular formula is C7H8N2O2. The summed E-state index contributed by atoms with van der Waals surface area (Å²) in [7, 11) is 1.45. The fourth-order valence-corrected chi connectivity index (χ4v) is 0.857. The van der Waals surface area contributed by atoms with Crippen LogP contribution in [0.1, 0.15) is 0 Å². The van der Waals surface area contributed by atoms with E-state index in [1.165, 1.54) is 25.3 Å². The summed E-state index contributed by atoms with van der Waals surface area (Å²) in [6.07, 6.45) is 4.23. The predicted octanol–water partition coefficient (Wildman–Crippen LogP) is -0.874. The van der Waals surface area contributed by atoms with Crippen LogP contribution in [0, 0.1) is 0 Å². The molecule has 0 saturated heterocycles. The van der Waals surface area contributed by atoms with Crippen LogP contribution in [0.4, 0.5) is 0 Å². The summed E-state index contributed by atoms with van der Waals surface area (Å²) in [4.78, 5) is 10.7. The Balaban J connectivity index is 2.85. The molecule has 58 valence electrons. The van der Waals surface area contributed by atoms with Crippen LogP contribution in [0.25, 0.3) is 5.53 Å². The Morgan fingerprint density at radius 1 is 1.73 bits per heavy atom. The van der Waals surface area contributed by atoms with Gasteiger partial charge in [-0.05, 0) is 12.2 Å². The lowest BCUT2D eigenvalue weighted by Crippen LogP contribution is -2.71. The molecule has 0 spiro atoms. The largest absolute Gasteiger partial charge is 0.508 e. The number of methoxy groups -OCH3 is 1. The van der Waals surface area contributed by atoms with E-state index < -0.39 is 6.04 Å². The fraction of sp³-hybridized carbons (Fsp3) is 0.286. The molecule has 0 aromatic heterocycles. The lowest BCUT2D eigenvalue weighted by atomic mass is 10.1. The Bertz CT molecular complexity index is 243. The zero-order chi connectivity index (χ0) is 8.27. The summed E-state index contributed by atoms with van der Waals surface area (Å²) in [5.74, 6) is 0.286. The molecule has 0 aromatic carbocycles. The van der Waals surface area contributed by atoms with Crippen LogP contribution in [-0.2, 0) is 9.53 Å². The molecule has 1 rings (SSSR count). The molecule has 0 amide bonds. The molecular weight excluding hydrogens is 144 g/mol. The van der Waals surface area contributed by atoms with E-state index in [-0.39, 0.29) is 5.78 Å². The summed E-state index contributed by atoms with van der Waals surface area (Å²) < 4.78 is 4.83. The van der Waals surface area contributed by atoms with Crippen LogP contribution in [-0.4, -0.2) is 18.9 Å². The first-order valence-electron chi connectivity index (χ1n) is 3.15. The maximum Gasteiger partial charge on any atom is 0.216 e. The number of ether oxygens (including phenoxy) is 1. The van der Waals surface area contributed by atoms with Gasteiger partial charge in [0, 0.05) is 6.08 Å². The van der Waals surface area contributed by atoms with Gasteiger partial charge in [-0.3, -0.25) is 4.79 Å². The number of allylic oxidation sites excluding steroid dienone is 2. The van der Waals surface area contributed by atoms with Gasteiger partial charge in [0.2, 0.25) is 6.04 Å². The molecule has 1 unspecified atom stereocenters. The maximum atomic E-state index is 10.7. The summed E-state index contributed by atoms with van der Waals surface area (Å²) in [5.41, 5.74) is 8.55. The molecule has 1 N–H and O–H groups in total. The first-order chi connectivity index (χ1) is 5.27. The van der Waals surface area contributed by atoms with E-state index in [0.29, 0.717) is 5.76 Å². The smallest absolute Gasteiger partial charge is 0.216 e. The predicted molar refractivity (Wildman–Crippen MR) is 37.3 cm³/mol. The van der Waals surface area contributed by atoms with E-state index in [4.69, 9.17) is 10.3 Å². The molecule has 0 heterocycles. The highest BCUT2D eigenvalue weighted by molar-refractivity contribution is 6.00. The Kier molecular flexibility index (Phi) is 2.15. The molecule has 0 saturated carbocycles. The zero-order valence-electron chi connectivity index (χ0n) is 6.07. The van der Waals surface area contributed by atoms with Crippen molar-refractivity contribution in [3.05, 3.63) is 29.5 Å². The van der Waals surface area contributed by atoms with Crippen LogP contribution in [0.15, 0.2) is 24.0 Å². The number of carbonyl (C=O) groups is 1. The molecule has 0 fully saturated rings. The minimum absolute atomic E-state index is 0.131. The van der Waals surface area contributed by atoms with Crippen LogP contribution in [0.2, 0.25) is 0 Å². The van der Waals surface area contributed by atoms with Crippen LogP contribution in [0.3, 0.4) is 0 Å². The third-order valence-electron chi connectivity index (χ3n) is 1.42. The fourth-order valence-electron chi connectivity index (χ4n) is 0.857. The number of nitrogens with one attached hydrogen (secondary N) is 1. The van der Waals surface area contributed by atoms with Crippen molar-refractivity contribution in [3.63, 3.8) is 0 Å². The van der Waals surface area contributed by atoms with Gasteiger partial charge in [0.05, 0.1) is 7.11 Å². The first-order valence-corrected chi connectivity index (χ1v) is 3.15. The van der Waals surface area contributed by atoms with Crippen molar-refractivity contribution < 1.29 is 14.6 Å². The van der Waals surface area contributed by atoms with Crippen molar-refractivity contribution in [1.82, 2.24) is 0 Å². The lowest BCUT2D eigenvalue weighted by Gasteiger charge is -2.10. The molecule has 1 atom stereocenters. The van der Waals surface area contributed by atoms with E-state index in [0.717, 1.165) is 0 Å². The van der Waals surface area contributed by atoms with E-state index in [2.05, 4.69) is 0 Å². The van der Waals surface area contributed by atoms with E-state index in [1.807, 2.05) is 5.11 Å². The molecule has 4 nitrogen and oxygen atoms in total. The number of hydrogen-bond acceptors (Lipinski definition) is 2. The number of rotatable bonds is 2.